The van der Waals surface area contributed by atoms with Gasteiger partial charge in [-0.3, -0.25) is 10.1 Å². The molecule has 86 valence electrons. The Morgan fingerprint density at radius 1 is 1.41 bits per heavy atom. The van der Waals surface area contributed by atoms with Gasteiger partial charge in [0.15, 0.2) is 5.69 Å². The van der Waals surface area contributed by atoms with Crippen molar-refractivity contribution >= 4 is 11.7 Å². The first-order valence-corrected chi connectivity index (χ1v) is 4.33. The molecule has 0 aromatic carbocycles. The molecule has 2 aromatic rings. The van der Waals surface area contributed by atoms with E-state index in [1.54, 1.807) is 0 Å². The molecule has 0 amide bonds. The van der Waals surface area contributed by atoms with Gasteiger partial charge in [-0.2, -0.15) is 5.10 Å². The van der Waals surface area contributed by atoms with Crippen molar-refractivity contribution in [2.45, 2.75) is 0 Å². The highest BCUT2D eigenvalue weighted by atomic mass is 16.6. The third-order valence-electron chi connectivity index (χ3n) is 1.85. The summed E-state index contributed by atoms with van der Waals surface area (Å²) in [5, 5.41) is 22.7. The fourth-order valence-corrected chi connectivity index (χ4v) is 1.08. The topological polar surface area (TPSA) is 124 Å². The molecule has 1 N–H and O–H groups in total. The molecule has 0 saturated heterocycles. The fourth-order valence-electron chi connectivity index (χ4n) is 1.08. The number of aromatic nitrogens is 4. The van der Waals surface area contributed by atoms with Crippen molar-refractivity contribution in [1.29, 1.82) is 0 Å². The summed E-state index contributed by atoms with van der Waals surface area (Å²) in [6.07, 6.45) is 3.39. The Kier molecular flexibility index (Phi) is 2.49. The molecule has 17 heavy (non-hydrogen) atoms. The molecule has 0 bridgehead atoms. The molecule has 9 heteroatoms. The van der Waals surface area contributed by atoms with E-state index in [0.717, 1.165) is 17.1 Å². The second-order valence-corrected chi connectivity index (χ2v) is 2.95. The number of hydrogen-bond acceptors (Lipinski definition) is 6. The van der Waals surface area contributed by atoms with Crippen molar-refractivity contribution in [3.63, 3.8) is 0 Å². The molecular weight excluding hydrogens is 230 g/mol. The average Bonchev–Trinajstić information content (AvgIpc) is 2.78. The number of rotatable bonds is 3. The third-order valence-corrected chi connectivity index (χ3v) is 1.85. The molecule has 0 aliphatic heterocycles. The van der Waals surface area contributed by atoms with Gasteiger partial charge in [-0.1, -0.05) is 0 Å². The summed E-state index contributed by atoms with van der Waals surface area (Å²) in [5.74, 6) is -1.12. The number of carboxylic acids is 1. The minimum Gasteiger partial charge on any atom is -0.476 e. The Bertz CT molecular complexity index is 576. The van der Waals surface area contributed by atoms with Crippen LogP contribution < -0.4 is 0 Å². The summed E-state index contributed by atoms with van der Waals surface area (Å²) in [5.41, 5.74) is -0.411. The zero-order chi connectivity index (χ0) is 12.4. The Hall–Kier alpha value is -2.84. The first kappa shape index (κ1) is 10.7. The van der Waals surface area contributed by atoms with E-state index < -0.39 is 10.9 Å². The van der Waals surface area contributed by atoms with E-state index in [4.69, 9.17) is 5.11 Å². The Morgan fingerprint density at radius 2 is 2.06 bits per heavy atom. The summed E-state index contributed by atoms with van der Waals surface area (Å²) in [6, 6.07) is 1.27. The summed E-state index contributed by atoms with van der Waals surface area (Å²) in [6.45, 7) is 0. The van der Waals surface area contributed by atoms with Crippen LogP contribution in [0.15, 0.2) is 24.7 Å². The van der Waals surface area contributed by atoms with E-state index in [-0.39, 0.29) is 17.3 Å². The summed E-state index contributed by atoms with van der Waals surface area (Å²) in [7, 11) is 0. The van der Waals surface area contributed by atoms with Gasteiger partial charge in [0.25, 0.3) is 5.95 Å². The molecule has 2 heterocycles. The van der Waals surface area contributed by atoms with Crippen molar-refractivity contribution in [1.82, 2.24) is 19.7 Å². The summed E-state index contributed by atoms with van der Waals surface area (Å²) >= 11 is 0. The summed E-state index contributed by atoms with van der Waals surface area (Å²) in [4.78, 5) is 27.7. The van der Waals surface area contributed by atoms with E-state index in [0.29, 0.717) is 0 Å². The molecule has 0 atom stereocenters. The van der Waals surface area contributed by atoms with Gasteiger partial charge in [-0.25, -0.2) is 19.4 Å². The molecular formula is C8H5N5O4. The van der Waals surface area contributed by atoms with Gasteiger partial charge < -0.3 is 5.11 Å². The highest BCUT2D eigenvalue weighted by molar-refractivity contribution is 5.85. The van der Waals surface area contributed by atoms with Crippen LogP contribution in [-0.2, 0) is 0 Å². The predicted molar refractivity (Wildman–Crippen MR) is 52.8 cm³/mol. The van der Waals surface area contributed by atoms with Crippen LogP contribution in [-0.4, -0.2) is 35.7 Å². The number of carboxylic acid groups (broad SMARTS) is 1. The van der Waals surface area contributed by atoms with Crippen LogP contribution in [0.25, 0.3) is 5.95 Å². The maximum atomic E-state index is 10.6. The predicted octanol–water partition coefficient (Wildman–Crippen LogP) is 0.269. The van der Waals surface area contributed by atoms with Crippen LogP contribution >= 0.6 is 0 Å². The molecule has 0 fully saturated rings. The fraction of sp³-hybridized carbons (Fsp3) is 0. The normalized spacial score (nSPS) is 10.1. The van der Waals surface area contributed by atoms with Crippen LogP contribution in [0.4, 0.5) is 5.69 Å². The van der Waals surface area contributed by atoms with Gasteiger partial charge in [-0.15, -0.1) is 0 Å². The van der Waals surface area contributed by atoms with Gasteiger partial charge in [0.05, 0.1) is 4.92 Å². The highest BCUT2D eigenvalue weighted by Crippen LogP contribution is 2.08. The van der Waals surface area contributed by atoms with E-state index >= 15 is 0 Å². The lowest BCUT2D eigenvalue weighted by atomic mass is 10.5. The standard InChI is InChI=1S/C8H5N5O4/c14-7(15)6-1-2-12(11-6)8-9-3-5(4-10-8)13(16)17/h1-4H,(H,14,15). The maximum absolute atomic E-state index is 10.6. The SMILES string of the molecule is O=C(O)c1ccn(-c2ncc([N+](=O)[O-])cn2)n1. The quantitative estimate of drug-likeness (QED) is 0.597. The van der Waals surface area contributed by atoms with Crippen LogP contribution in [0.2, 0.25) is 0 Å². The van der Waals surface area contributed by atoms with Crippen molar-refractivity contribution < 1.29 is 14.8 Å². The highest BCUT2D eigenvalue weighted by Gasteiger charge is 2.11. The van der Waals surface area contributed by atoms with Gasteiger partial charge in [0.2, 0.25) is 0 Å². The molecule has 0 spiro atoms. The van der Waals surface area contributed by atoms with E-state index in [1.165, 1.54) is 12.3 Å². The second-order valence-electron chi connectivity index (χ2n) is 2.95. The van der Waals surface area contributed by atoms with Gasteiger partial charge in [0.1, 0.15) is 12.4 Å². The largest absolute Gasteiger partial charge is 0.476 e. The zero-order valence-corrected chi connectivity index (χ0v) is 8.22. The van der Waals surface area contributed by atoms with Gasteiger partial charge in [-0.05, 0) is 6.07 Å². The van der Waals surface area contributed by atoms with E-state index in [1.807, 2.05) is 0 Å². The lowest BCUT2D eigenvalue weighted by molar-refractivity contribution is -0.385. The number of carbonyl (C=O) groups is 1. The molecule has 0 saturated carbocycles. The van der Waals surface area contributed by atoms with Crippen molar-refractivity contribution in [3.05, 3.63) is 40.5 Å². The van der Waals surface area contributed by atoms with E-state index in [9.17, 15) is 14.9 Å². The molecule has 2 aromatic heterocycles. The van der Waals surface area contributed by atoms with E-state index in [2.05, 4.69) is 15.1 Å². The minimum atomic E-state index is -1.18. The first-order chi connectivity index (χ1) is 8.08. The summed E-state index contributed by atoms with van der Waals surface area (Å²) < 4.78 is 1.12. The van der Waals surface area contributed by atoms with Crippen molar-refractivity contribution in [3.8, 4) is 5.95 Å². The van der Waals surface area contributed by atoms with Crippen LogP contribution in [0, 0.1) is 10.1 Å². The Morgan fingerprint density at radius 3 is 2.53 bits per heavy atom. The zero-order valence-electron chi connectivity index (χ0n) is 8.22. The van der Waals surface area contributed by atoms with Crippen LogP contribution in [0.5, 0.6) is 0 Å². The van der Waals surface area contributed by atoms with Crippen molar-refractivity contribution in [2.24, 2.45) is 0 Å². The maximum Gasteiger partial charge on any atom is 0.356 e. The lowest BCUT2D eigenvalue weighted by Gasteiger charge is -1.97. The average molecular weight is 235 g/mol. The van der Waals surface area contributed by atoms with Gasteiger partial charge >= 0.3 is 11.7 Å². The second kappa shape index (κ2) is 3.96. The number of nitrogens with zero attached hydrogens (tertiary/aromatic N) is 5. The molecule has 0 radical (unpaired) electrons. The third kappa shape index (κ3) is 2.07. The number of aromatic carboxylic acids is 1. The smallest absolute Gasteiger partial charge is 0.356 e. The molecule has 0 unspecified atom stereocenters. The van der Waals surface area contributed by atoms with Crippen LogP contribution in [0.3, 0.4) is 0 Å². The molecule has 9 nitrogen and oxygen atoms in total. The molecule has 0 aliphatic rings. The molecule has 2 rings (SSSR count). The Labute approximate surface area is 93.5 Å². The number of hydrogen-bond donors (Lipinski definition) is 1. The number of nitro groups is 1. The van der Waals surface area contributed by atoms with Gasteiger partial charge in [0, 0.05) is 6.20 Å². The van der Waals surface area contributed by atoms with Crippen LogP contribution in [0.1, 0.15) is 10.5 Å². The molecule has 0 aliphatic carbocycles. The minimum absolute atomic E-state index is 0.0584. The first-order valence-electron chi connectivity index (χ1n) is 4.33. The van der Waals surface area contributed by atoms with Crippen molar-refractivity contribution in [2.75, 3.05) is 0 Å². The Balaban J connectivity index is 2.33. The monoisotopic (exact) mass is 235 g/mol. The lowest BCUT2D eigenvalue weighted by Crippen LogP contribution is -2.04.